The topological polar surface area (TPSA) is 44.8 Å². The van der Waals surface area contributed by atoms with Crippen molar-refractivity contribution in [1.82, 2.24) is 0 Å². The van der Waals surface area contributed by atoms with E-state index in [4.69, 9.17) is 13.9 Å². The fraction of sp³-hybridized carbons (Fsp3) is 0.567. The van der Waals surface area contributed by atoms with E-state index in [0.29, 0.717) is 6.42 Å². The maximum atomic E-state index is 12.5. The van der Waals surface area contributed by atoms with Gasteiger partial charge in [-0.2, -0.15) is 0 Å². The van der Waals surface area contributed by atoms with Crippen molar-refractivity contribution in [2.24, 2.45) is 0 Å². The second kappa shape index (κ2) is 13.6. The third-order valence-electron chi connectivity index (χ3n) is 5.96. The number of benzene rings is 2. The molecule has 0 unspecified atom stereocenters. The summed E-state index contributed by atoms with van der Waals surface area (Å²) in [5.41, 5.74) is 1.72. The van der Waals surface area contributed by atoms with E-state index in [9.17, 15) is 4.79 Å². The van der Waals surface area contributed by atoms with E-state index in [-0.39, 0.29) is 25.7 Å². The maximum absolute atomic E-state index is 12.5. The first-order valence-electron chi connectivity index (χ1n) is 13.0. The molecule has 2 rings (SSSR count). The van der Waals surface area contributed by atoms with E-state index in [1.54, 1.807) is 14.2 Å². The highest BCUT2D eigenvalue weighted by atomic mass is 32.2. The molecule has 0 bridgehead atoms. The van der Waals surface area contributed by atoms with Crippen LogP contribution in [0.5, 0.6) is 17.2 Å². The molecule has 2 aromatic rings. The summed E-state index contributed by atoms with van der Waals surface area (Å²) in [5, 5.41) is 1.28. The summed E-state index contributed by atoms with van der Waals surface area (Å²) in [5.74, 6) is 2.35. The minimum atomic E-state index is -0.196. The van der Waals surface area contributed by atoms with E-state index in [2.05, 4.69) is 54.5 Å². The Morgan fingerprint density at radius 3 is 2.08 bits per heavy atom. The van der Waals surface area contributed by atoms with Crippen molar-refractivity contribution >= 4 is 31.8 Å². The van der Waals surface area contributed by atoms with Crippen LogP contribution in [0.1, 0.15) is 98.1 Å². The van der Waals surface area contributed by atoms with Crippen LogP contribution in [0.4, 0.5) is 0 Å². The smallest absolute Gasteiger partial charge is 0.351 e. The van der Waals surface area contributed by atoms with Gasteiger partial charge in [-0.25, -0.2) is 0 Å². The van der Waals surface area contributed by atoms with Crippen molar-refractivity contribution in [2.75, 3.05) is 14.2 Å². The third-order valence-corrected chi connectivity index (χ3v) is 7.75. The van der Waals surface area contributed by atoms with Crippen LogP contribution in [0, 0.1) is 0 Å². The predicted octanol–water partition coefficient (Wildman–Crippen LogP) is 7.60. The summed E-state index contributed by atoms with van der Waals surface area (Å²) >= 11 is 1.34. The number of unbranched alkanes of at least 4 members (excludes halogenated alkanes) is 4. The second-order valence-corrected chi connectivity index (χ2v) is 13.3. The van der Waals surface area contributed by atoms with E-state index in [0.717, 1.165) is 51.3 Å². The molecule has 36 heavy (non-hydrogen) atoms. The predicted molar refractivity (Wildman–Crippen MR) is 154 cm³/mol. The minimum absolute atomic E-state index is 0.0943. The van der Waals surface area contributed by atoms with Crippen LogP contribution in [-0.2, 0) is 15.6 Å². The molecule has 0 saturated carbocycles. The minimum Gasteiger partial charge on any atom is -0.535 e. The van der Waals surface area contributed by atoms with E-state index >= 15 is 0 Å². The Bertz CT molecular complexity index is 1010. The average molecular weight is 529 g/mol. The van der Waals surface area contributed by atoms with Crippen LogP contribution >= 0.6 is 11.8 Å². The molecule has 0 N–H and O–H groups in total. The van der Waals surface area contributed by atoms with Gasteiger partial charge in [0.25, 0.3) is 0 Å². The van der Waals surface area contributed by atoms with Crippen LogP contribution in [0.15, 0.2) is 35.2 Å². The van der Waals surface area contributed by atoms with Crippen molar-refractivity contribution in [3.8, 4) is 17.2 Å². The number of methoxy groups -OCH3 is 2. The molecule has 0 spiro atoms. The first-order chi connectivity index (χ1) is 16.9. The van der Waals surface area contributed by atoms with Crippen molar-refractivity contribution in [3.05, 3.63) is 41.5 Å². The number of hydrogen-bond acceptors (Lipinski definition) is 5. The lowest BCUT2D eigenvalue weighted by molar-refractivity contribution is -0.111. The monoisotopic (exact) mass is 528 g/mol. The van der Waals surface area contributed by atoms with Gasteiger partial charge in [0.1, 0.15) is 17.2 Å². The molecule has 4 nitrogen and oxygen atoms in total. The first kappa shape index (κ1) is 30.3. The van der Waals surface area contributed by atoms with E-state index in [1.807, 2.05) is 24.3 Å². The number of carbonyl (C=O) groups is 1. The van der Waals surface area contributed by atoms with Gasteiger partial charge in [0.05, 0.1) is 14.2 Å². The molecule has 0 fully saturated rings. The highest BCUT2D eigenvalue weighted by Crippen LogP contribution is 2.49. The van der Waals surface area contributed by atoms with Crippen molar-refractivity contribution in [1.29, 1.82) is 0 Å². The summed E-state index contributed by atoms with van der Waals surface area (Å²) in [7, 11) is 3.50. The molecule has 0 aromatic heterocycles. The standard InChI is InChI=1S/C30H44O4SSi/c1-10-11-12-13-14-18-25(31)35-21-16-15-17-22(19-21)36-34-24-20-23(32-8)26(29(2,3)4)28(33-9)27(24)30(5,6)7/h15-17,19-20H,10-14,18H2,1-9H3. The van der Waals surface area contributed by atoms with Gasteiger partial charge in [0.15, 0.2) is 5.12 Å². The first-order valence-corrected chi connectivity index (χ1v) is 14.7. The second-order valence-electron chi connectivity index (χ2n) is 11.2. The van der Waals surface area contributed by atoms with Crippen molar-refractivity contribution in [2.45, 2.75) is 103 Å². The SMILES string of the molecule is CCCCCCCC(=O)Sc1cccc([Si]Oc2cc(OC)c(C(C)(C)C)c(OC)c2C(C)(C)C)c1. The Morgan fingerprint density at radius 1 is 0.861 bits per heavy atom. The van der Waals surface area contributed by atoms with Crippen molar-refractivity contribution in [3.63, 3.8) is 0 Å². The lowest BCUT2D eigenvalue weighted by atomic mass is 9.78. The fourth-order valence-electron chi connectivity index (χ4n) is 4.27. The Morgan fingerprint density at radius 2 is 1.50 bits per heavy atom. The number of carbonyl (C=O) groups excluding carboxylic acids is 1. The number of rotatable bonds is 12. The largest absolute Gasteiger partial charge is 0.535 e. The third kappa shape index (κ3) is 8.58. The van der Waals surface area contributed by atoms with Crippen LogP contribution in [0.3, 0.4) is 0 Å². The summed E-state index contributed by atoms with van der Waals surface area (Å²) in [6, 6.07) is 10.1. The molecular formula is C30H44O4SSi. The number of hydrogen-bond donors (Lipinski definition) is 0. The van der Waals surface area contributed by atoms with Gasteiger partial charge in [0, 0.05) is 28.5 Å². The highest BCUT2D eigenvalue weighted by molar-refractivity contribution is 8.13. The Balaban J connectivity index is 2.24. The molecule has 0 heterocycles. The molecule has 0 amide bonds. The van der Waals surface area contributed by atoms with Crippen molar-refractivity contribution < 1.29 is 18.7 Å². The van der Waals surface area contributed by atoms with Gasteiger partial charge >= 0.3 is 9.76 Å². The average Bonchev–Trinajstić information content (AvgIpc) is 2.80. The maximum Gasteiger partial charge on any atom is 0.351 e. The van der Waals surface area contributed by atoms with Crippen LogP contribution < -0.4 is 19.1 Å². The number of thioether (sulfide) groups is 1. The van der Waals surface area contributed by atoms with Crippen LogP contribution in [0.25, 0.3) is 0 Å². The molecule has 198 valence electrons. The normalized spacial score (nSPS) is 11.9. The van der Waals surface area contributed by atoms with Gasteiger partial charge in [-0.05, 0) is 34.6 Å². The van der Waals surface area contributed by atoms with Gasteiger partial charge in [0.2, 0.25) is 0 Å². The number of ether oxygens (including phenoxy) is 2. The molecule has 2 radical (unpaired) electrons. The molecule has 0 aliphatic rings. The summed E-state index contributed by atoms with van der Waals surface area (Å²) in [6.45, 7) is 15.2. The molecule has 0 atom stereocenters. The zero-order valence-corrected chi connectivity index (χ0v) is 25.5. The molecular weight excluding hydrogens is 484 g/mol. The fourth-order valence-corrected chi connectivity index (χ4v) is 5.98. The zero-order valence-electron chi connectivity index (χ0n) is 23.7. The lowest BCUT2D eigenvalue weighted by Gasteiger charge is -2.32. The Hall–Kier alpha value is -1.92. The van der Waals surface area contributed by atoms with E-state index < -0.39 is 0 Å². The van der Waals surface area contributed by atoms with Gasteiger partial charge in [-0.3, -0.25) is 4.79 Å². The quantitative estimate of drug-likeness (QED) is 0.161. The Labute approximate surface area is 225 Å². The van der Waals surface area contributed by atoms with Gasteiger partial charge < -0.3 is 13.9 Å². The Kier molecular flexibility index (Phi) is 11.4. The molecule has 0 aliphatic carbocycles. The van der Waals surface area contributed by atoms with Gasteiger partial charge in [-0.1, -0.05) is 98.0 Å². The summed E-state index contributed by atoms with van der Waals surface area (Å²) < 4.78 is 18.2. The summed E-state index contributed by atoms with van der Waals surface area (Å²) in [6.07, 6.45) is 6.41. The zero-order chi connectivity index (χ0) is 26.9. The molecule has 2 aromatic carbocycles. The van der Waals surface area contributed by atoms with E-state index in [1.165, 1.54) is 31.0 Å². The highest BCUT2D eigenvalue weighted by Gasteiger charge is 2.33. The molecule has 0 aliphatic heterocycles. The van der Waals surface area contributed by atoms with Crippen LogP contribution in [-0.4, -0.2) is 29.1 Å². The summed E-state index contributed by atoms with van der Waals surface area (Å²) in [4.78, 5) is 13.4. The molecule has 0 saturated heterocycles. The van der Waals surface area contributed by atoms with Crippen LogP contribution in [0.2, 0.25) is 0 Å². The lowest BCUT2D eigenvalue weighted by Crippen LogP contribution is -2.25. The van der Waals surface area contributed by atoms with Gasteiger partial charge in [-0.15, -0.1) is 0 Å². The molecule has 6 heteroatoms.